The highest BCUT2D eigenvalue weighted by atomic mass is 35.5. The van der Waals surface area contributed by atoms with Gasteiger partial charge >= 0.3 is 5.97 Å². The second-order valence-electron chi connectivity index (χ2n) is 4.73. The molecule has 0 heterocycles. The van der Waals surface area contributed by atoms with Crippen LogP contribution in [0.5, 0.6) is 0 Å². The maximum absolute atomic E-state index is 13.6. The Morgan fingerprint density at radius 2 is 2.00 bits per heavy atom. The van der Waals surface area contributed by atoms with E-state index < -0.39 is 49.9 Å². The lowest BCUT2D eigenvalue weighted by Crippen LogP contribution is -2.41. The number of rotatable bonds is 6. The fourth-order valence-electron chi connectivity index (χ4n) is 1.53. The van der Waals surface area contributed by atoms with E-state index in [0.717, 1.165) is 6.07 Å². The van der Waals surface area contributed by atoms with Gasteiger partial charge < -0.3 is 10.2 Å². The van der Waals surface area contributed by atoms with Crippen LogP contribution >= 0.6 is 11.6 Å². The molecule has 21 heavy (non-hydrogen) atoms. The standard InChI is InChI=1S/C12H15ClFNO5S/c1-6(2)10(5-16)15-21(19,20)7-3-8(12(17)18)11(13)9(14)4-7/h3-4,6,10,15-16H,5H2,1-2H3,(H,17,18)/t10-/m1/s1. The van der Waals surface area contributed by atoms with E-state index in [2.05, 4.69) is 4.72 Å². The molecule has 118 valence electrons. The van der Waals surface area contributed by atoms with E-state index in [9.17, 15) is 17.6 Å². The summed E-state index contributed by atoms with van der Waals surface area (Å²) in [5, 5.41) is 17.4. The van der Waals surface area contributed by atoms with Crippen molar-refractivity contribution in [3.8, 4) is 0 Å². The fraction of sp³-hybridized carbons (Fsp3) is 0.417. The molecule has 0 aromatic heterocycles. The Balaban J connectivity index is 3.29. The smallest absolute Gasteiger partial charge is 0.337 e. The van der Waals surface area contributed by atoms with Gasteiger partial charge in [0.25, 0.3) is 0 Å². The summed E-state index contributed by atoms with van der Waals surface area (Å²) >= 11 is 5.48. The number of hydrogen-bond donors (Lipinski definition) is 3. The van der Waals surface area contributed by atoms with Crippen molar-refractivity contribution in [3.63, 3.8) is 0 Å². The van der Waals surface area contributed by atoms with Gasteiger partial charge in [0.2, 0.25) is 10.0 Å². The second-order valence-corrected chi connectivity index (χ2v) is 6.82. The van der Waals surface area contributed by atoms with Gasteiger partial charge in [0.15, 0.2) is 0 Å². The number of carboxylic acids is 1. The first-order valence-corrected chi connectivity index (χ1v) is 7.81. The number of carbonyl (C=O) groups is 1. The number of halogens is 2. The van der Waals surface area contributed by atoms with Gasteiger partial charge in [0.1, 0.15) is 5.82 Å². The van der Waals surface area contributed by atoms with Gasteiger partial charge in [-0.15, -0.1) is 0 Å². The van der Waals surface area contributed by atoms with Crippen LogP contribution in [0.4, 0.5) is 4.39 Å². The van der Waals surface area contributed by atoms with Gasteiger partial charge in [-0.25, -0.2) is 22.3 Å². The summed E-state index contributed by atoms with van der Waals surface area (Å²) in [5.41, 5.74) is -0.651. The Kier molecular flexibility index (Phi) is 5.68. The molecule has 0 aliphatic rings. The van der Waals surface area contributed by atoms with Crippen LogP contribution in [-0.2, 0) is 10.0 Å². The van der Waals surface area contributed by atoms with Crippen LogP contribution in [0.3, 0.4) is 0 Å². The molecule has 6 nitrogen and oxygen atoms in total. The van der Waals surface area contributed by atoms with Crippen molar-refractivity contribution in [1.29, 1.82) is 0 Å². The molecule has 0 amide bonds. The number of nitrogens with one attached hydrogen (secondary N) is 1. The van der Waals surface area contributed by atoms with Crippen molar-refractivity contribution >= 4 is 27.6 Å². The number of sulfonamides is 1. The number of benzene rings is 1. The molecule has 3 N–H and O–H groups in total. The van der Waals surface area contributed by atoms with Gasteiger partial charge in [0.05, 0.1) is 22.1 Å². The van der Waals surface area contributed by atoms with E-state index in [1.807, 2.05) is 0 Å². The number of aliphatic hydroxyl groups excluding tert-OH is 1. The van der Waals surface area contributed by atoms with Crippen LogP contribution in [0.1, 0.15) is 24.2 Å². The summed E-state index contributed by atoms with van der Waals surface area (Å²) in [4.78, 5) is 10.4. The summed E-state index contributed by atoms with van der Waals surface area (Å²) in [6.07, 6.45) is 0. The van der Waals surface area contributed by atoms with E-state index in [0.29, 0.717) is 6.07 Å². The fourth-order valence-corrected chi connectivity index (χ4v) is 3.13. The largest absolute Gasteiger partial charge is 0.478 e. The summed E-state index contributed by atoms with van der Waals surface area (Å²) in [7, 11) is -4.18. The number of aliphatic hydroxyl groups is 1. The Hall–Kier alpha value is -1.22. The third kappa shape index (κ3) is 4.13. The van der Waals surface area contributed by atoms with Crippen molar-refractivity contribution in [2.24, 2.45) is 5.92 Å². The number of carboxylic acid groups (broad SMARTS) is 1. The maximum Gasteiger partial charge on any atom is 0.337 e. The molecule has 1 aromatic rings. The molecule has 0 radical (unpaired) electrons. The molecule has 0 aliphatic heterocycles. The Bertz CT molecular complexity index is 647. The lowest BCUT2D eigenvalue weighted by molar-refractivity contribution is 0.0696. The zero-order chi connectivity index (χ0) is 16.4. The van der Waals surface area contributed by atoms with Crippen LogP contribution in [0.25, 0.3) is 0 Å². The maximum atomic E-state index is 13.6. The van der Waals surface area contributed by atoms with Crippen molar-refractivity contribution in [3.05, 3.63) is 28.5 Å². The average Bonchev–Trinajstić information content (AvgIpc) is 2.38. The highest BCUT2D eigenvalue weighted by molar-refractivity contribution is 7.89. The van der Waals surface area contributed by atoms with E-state index in [-0.39, 0.29) is 5.92 Å². The SMILES string of the molecule is CC(C)[C@@H](CO)NS(=O)(=O)c1cc(F)c(Cl)c(C(=O)O)c1. The number of aromatic carboxylic acids is 1. The molecule has 0 aliphatic carbocycles. The second kappa shape index (κ2) is 6.69. The molecular formula is C12H15ClFNO5S. The highest BCUT2D eigenvalue weighted by Gasteiger charge is 2.25. The van der Waals surface area contributed by atoms with E-state index in [4.69, 9.17) is 21.8 Å². The van der Waals surface area contributed by atoms with Crippen molar-refractivity contribution in [2.45, 2.75) is 24.8 Å². The zero-order valence-electron chi connectivity index (χ0n) is 11.3. The number of hydrogen-bond acceptors (Lipinski definition) is 4. The molecule has 9 heteroatoms. The molecule has 1 rings (SSSR count). The third-order valence-electron chi connectivity index (χ3n) is 2.85. The Labute approximate surface area is 126 Å². The molecule has 0 fully saturated rings. The van der Waals surface area contributed by atoms with Crippen molar-refractivity contribution < 1.29 is 27.8 Å². The van der Waals surface area contributed by atoms with Gasteiger partial charge in [0, 0.05) is 6.04 Å². The quantitative estimate of drug-likeness (QED) is 0.728. The normalized spacial score (nSPS) is 13.4. The minimum Gasteiger partial charge on any atom is -0.478 e. The monoisotopic (exact) mass is 339 g/mol. The first-order valence-electron chi connectivity index (χ1n) is 5.95. The average molecular weight is 340 g/mol. The topological polar surface area (TPSA) is 104 Å². The van der Waals surface area contributed by atoms with Gasteiger partial charge in [-0.2, -0.15) is 0 Å². The molecule has 1 atom stereocenters. The van der Waals surface area contributed by atoms with Gasteiger partial charge in [-0.3, -0.25) is 0 Å². The van der Waals surface area contributed by atoms with E-state index in [1.54, 1.807) is 13.8 Å². The first-order chi connectivity index (χ1) is 9.60. The Morgan fingerprint density at radius 3 is 2.43 bits per heavy atom. The third-order valence-corrected chi connectivity index (χ3v) is 4.70. The summed E-state index contributed by atoms with van der Waals surface area (Å²) in [6, 6.07) is 0.624. The van der Waals surface area contributed by atoms with Crippen molar-refractivity contribution in [2.75, 3.05) is 6.61 Å². The molecule has 0 spiro atoms. The molecule has 0 saturated carbocycles. The van der Waals surface area contributed by atoms with Gasteiger partial charge in [-0.05, 0) is 18.1 Å². The molecule has 0 saturated heterocycles. The van der Waals surface area contributed by atoms with E-state index in [1.165, 1.54) is 0 Å². The lowest BCUT2D eigenvalue weighted by atomic mass is 10.1. The lowest BCUT2D eigenvalue weighted by Gasteiger charge is -2.20. The molecular weight excluding hydrogens is 325 g/mol. The van der Waals surface area contributed by atoms with Crippen LogP contribution < -0.4 is 4.72 Å². The first kappa shape index (κ1) is 17.8. The van der Waals surface area contributed by atoms with Gasteiger partial charge in [-0.1, -0.05) is 25.4 Å². The summed E-state index contributed by atoms with van der Waals surface area (Å²) in [6.45, 7) is 2.93. The minimum atomic E-state index is -4.18. The zero-order valence-corrected chi connectivity index (χ0v) is 12.9. The highest BCUT2D eigenvalue weighted by Crippen LogP contribution is 2.24. The van der Waals surface area contributed by atoms with Crippen LogP contribution in [0, 0.1) is 11.7 Å². The van der Waals surface area contributed by atoms with Crippen LogP contribution in [0.15, 0.2) is 17.0 Å². The van der Waals surface area contributed by atoms with Crippen molar-refractivity contribution in [1.82, 2.24) is 4.72 Å². The predicted octanol–water partition coefficient (Wildman–Crippen LogP) is 1.47. The molecule has 0 bridgehead atoms. The predicted molar refractivity (Wildman–Crippen MR) is 74.4 cm³/mol. The minimum absolute atomic E-state index is 0.208. The summed E-state index contributed by atoms with van der Waals surface area (Å²) < 4.78 is 40.0. The summed E-state index contributed by atoms with van der Waals surface area (Å²) in [5.74, 6) is -2.90. The van der Waals surface area contributed by atoms with E-state index >= 15 is 0 Å². The molecule has 0 unspecified atom stereocenters. The Morgan fingerprint density at radius 1 is 1.43 bits per heavy atom. The van der Waals surface area contributed by atoms with Crippen LogP contribution in [0.2, 0.25) is 5.02 Å². The molecule has 1 aromatic carbocycles. The van der Waals surface area contributed by atoms with Crippen LogP contribution in [-0.4, -0.2) is 37.2 Å².